The summed E-state index contributed by atoms with van der Waals surface area (Å²) in [6, 6.07) is -0.184. The Labute approximate surface area is 85.1 Å². The Balaban J connectivity index is 2.95. The number of hydrogen-bond acceptors (Lipinski definition) is 3. The van der Waals surface area contributed by atoms with Crippen LogP contribution in [0.1, 0.15) is 13.3 Å². The van der Waals surface area contributed by atoms with E-state index in [1.807, 2.05) is 0 Å². The number of rotatable bonds is 8. The predicted octanol–water partition coefficient (Wildman–Crippen LogP) is 0.359. The van der Waals surface area contributed by atoms with Crippen molar-refractivity contribution in [3.8, 4) is 0 Å². The summed E-state index contributed by atoms with van der Waals surface area (Å²) in [6.45, 7) is 5.08. The van der Waals surface area contributed by atoms with Gasteiger partial charge in [0.1, 0.15) is 0 Å². The molecular weight excluding hydrogens is 184 g/mol. The molecule has 84 valence electrons. The van der Waals surface area contributed by atoms with Gasteiger partial charge in [0.15, 0.2) is 0 Å². The minimum Gasteiger partial charge on any atom is -0.379 e. The van der Waals surface area contributed by atoms with E-state index < -0.39 is 0 Å². The first-order valence-electron chi connectivity index (χ1n) is 4.92. The first-order valence-corrected chi connectivity index (χ1v) is 4.92. The standard InChI is InChI=1S/C9H20N2O3/c1-3-5-13-7-8-14-6-4-11-9(12)10-2/h3-8H2,1-2H3,(H2,10,11,12). The molecule has 0 aromatic carbocycles. The molecule has 0 rings (SSSR count). The Morgan fingerprint density at radius 2 is 1.79 bits per heavy atom. The summed E-state index contributed by atoms with van der Waals surface area (Å²) in [5.41, 5.74) is 0. The highest BCUT2D eigenvalue weighted by molar-refractivity contribution is 5.73. The van der Waals surface area contributed by atoms with Gasteiger partial charge in [-0.15, -0.1) is 0 Å². The quantitative estimate of drug-likeness (QED) is 0.561. The van der Waals surface area contributed by atoms with E-state index in [-0.39, 0.29) is 6.03 Å². The summed E-state index contributed by atoms with van der Waals surface area (Å²) >= 11 is 0. The van der Waals surface area contributed by atoms with E-state index in [2.05, 4.69) is 17.6 Å². The Morgan fingerprint density at radius 3 is 2.36 bits per heavy atom. The Bertz CT molecular complexity index is 142. The highest BCUT2D eigenvalue weighted by Crippen LogP contribution is 1.81. The topological polar surface area (TPSA) is 59.6 Å². The lowest BCUT2D eigenvalue weighted by Crippen LogP contribution is -2.35. The first kappa shape index (κ1) is 13.2. The van der Waals surface area contributed by atoms with Crippen molar-refractivity contribution in [2.75, 3.05) is 40.0 Å². The van der Waals surface area contributed by atoms with Gasteiger partial charge in [0.2, 0.25) is 0 Å². The minimum atomic E-state index is -0.184. The van der Waals surface area contributed by atoms with E-state index in [0.717, 1.165) is 13.0 Å². The molecule has 0 spiro atoms. The molecule has 0 aromatic rings. The van der Waals surface area contributed by atoms with E-state index >= 15 is 0 Å². The SMILES string of the molecule is CCCOCCOCCNC(=O)NC. The van der Waals surface area contributed by atoms with Crippen LogP contribution in [-0.2, 0) is 9.47 Å². The van der Waals surface area contributed by atoms with E-state index in [0.29, 0.717) is 26.4 Å². The lowest BCUT2D eigenvalue weighted by atomic mass is 10.5. The second-order valence-corrected chi connectivity index (χ2v) is 2.73. The average molecular weight is 204 g/mol. The number of carbonyl (C=O) groups is 1. The van der Waals surface area contributed by atoms with Crippen LogP contribution in [0.2, 0.25) is 0 Å². The van der Waals surface area contributed by atoms with Crippen LogP contribution in [0, 0.1) is 0 Å². The summed E-state index contributed by atoms with van der Waals surface area (Å²) in [4.78, 5) is 10.7. The second kappa shape index (κ2) is 10.3. The van der Waals surface area contributed by atoms with E-state index in [1.165, 1.54) is 0 Å². The predicted molar refractivity (Wildman–Crippen MR) is 54.4 cm³/mol. The van der Waals surface area contributed by atoms with Crippen LogP contribution in [0.4, 0.5) is 4.79 Å². The van der Waals surface area contributed by atoms with Crippen LogP contribution in [0.5, 0.6) is 0 Å². The molecular formula is C9H20N2O3. The molecule has 0 aliphatic carbocycles. The molecule has 0 saturated heterocycles. The number of amides is 2. The third-order valence-corrected chi connectivity index (χ3v) is 1.48. The van der Waals surface area contributed by atoms with Crippen LogP contribution in [-0.4, -0.2) is 46.1 Å². The molecule has 0 bridgehead atoms. The zero-order valence-electron chi connectivity index (χ0n) is 8.97. The van der Waals surface area contributed by atoms with Gasteiger partial charge in [-0.2, -0.15) is 0 Å². The molecule has 14 heavy (non-hydrogen) atoms. The number of carbonyl (C=O) groups excluding carboxylic acids is 1. The van der Waals surface area contributed by atoms with E-state index in [1.54, 1.807) is 7.05 Å². The molecule has 0 aliphatic rings. The van der Waals surface area contributed by atoms with Crippen LogP contribution in [0.3, 0.4) is 0 Å². The monoisotopic (exact) mass is 204 g/mol. The first-order chi connectivity index (χ1) is 6.81. The molecule has 2 amide bonds. The molecule has 0 saturated carbocycles. The van der Waals surface area contributed by atoms with Gasteiger partial charge in [0, 0.05) is 20.2 Å². The van der Waals surface area contributed by atoms with Crippen LogP contribution in [0.25, 0.3) is 0 Å². The molecule has 0 heterocycles. The Kier molecular flexibility index (Phi) is 9.68. The minimum absolute atomic E-state index is 0.184. The molecule has 0 fully saturated rings. The Morgan fingerprint density at radius 1 is 1.14 bits per heavy atom. The smallest absolute Gasteiger partial charge is 0.314 e. The molecule has 5 heteroatoms. The Hall–Kier alpha value is -0.810. The van der Waals surface area contributed by atoms with Crippen molar-refractivity contribution in [1.29, 1.82) is 0 Å². The summed E-state index contributed by atoms with van der Waals surface area (Å²) in [7, 11) is 1.58. The highest BCUT2D eigenvalue weighted by Gasteiger charge is 1.93. The summed E-state index contributed by atoms with van der Waals surface area (Å²) in [6.07, 6.45) is 1.03. The van der Waals surface area contributed by atoms with Crippen LogP contribution in [0.15, 0.2) is 0 Å². The number of ether oxygens (including phenoxy) is 2. The average Bonchev–Trinajstić information content (AvgIpc) is 2.21. The summed E-state index contributed by atoms with van der Waals surface area (Å²) in [5, 5.41) is 5.07. The van der Waals surface area contributed by atoms with Gasteiger partial charge in [-0.1, -0.05) is 6.92 Å². The van der Waals surface area contributed by atoms with Crippen molar-refractivity contribution >= 4 is 6.03 Å². The summed E-state index contributed by atoms with van der Waals surface area (Å²) < 4.78 is 10.4. The van der Waals surface area contributed by atoms with Gasteiger partial charge in [-0.3, -0.25) is 0 Å². The lowest BCUT2D eigenvalue weighted by molar-refractivity contribution is 0.0496. The fourth-order valence-electron chi connectivity index (χ4n) is 0.791. The number of hydrogen-bond donors (Lipinski definition) is 2. The molecule has 0 unspecified atom stereocenters. The third kappa shape index (κ3) is 9.28. The molecule has 0 radical (unpaired) electrons. The molecule has 0 aromatic heterocycles. The maximum atomic E-state index is 10.7. The maximum absolute atomic E-state index is 10.7. The van der Waals surface area contributed by atoms with Crippen molar-refractivity contribution in [3.63, 3.8) is 0 Å². The van der Waals surface area contributed by atoms with Gasteiger partial charge in [-0.05, 0) is 6.42 Å². The van der Waals surface area contributed by atoms with E-state index in [4.69, 9.17) is 9.47 Å². The van der Waals surface area contributed by atoms with Crippen molar-refractivity contribution < 1.29 is 14.3 Å². The van der Waals surface area contributed by atoms with Gasteiger partial charge < -0.3 is 20.1 Å². The zero-order chi connectivity index (χ0) is 10.6. The normalized spacial score (nSPS) is 9.86. The highest BCUT2D eigenvalue weighted by atomic mass is 16.5. The molecule has 2 N–H and O–H groups in total. The van der Waals surface area contributed by atoms with Crippen molar-refractivity contribution in [3.05, 3.63) is 0 Å². The van der Waals surface area contributed by atoms with Crippen LogP contribution >= 0.6 is 0 Å². The van der Waals surface area contributed by atoms with E-state index in [9.17, 15) is 4.79 Å². The van der Waals surface area contributed by atoms with Crippen LogP contribution < -0.4 is 10.6 Å². The number of urea groups is 1. The third-order valence-electron chi connectivity index (χ3n) is 1.48. The van der Waals surface area contributed by atoms with Crippen molar-refractivity contribution in [2.24, 2.45) is 0 Å². The summed E-state index contributed by atoms with van der Waals surface area (Å²) in [5.74, 6) is 0. The zero-order valence-corrected chi connectivity index (χ0v) is 8.97. The molecule has 0 atom stereocenters. The van der Waals surface area contributed by atoms with Gasteiger partial charge in [0.25, 0.3) is 0 Å². The largest absolute Gasteiger partial charge is 0.379 e. The fraction of sp³-hybridized carbons (Fsp3) is 0.889. The molecule has 5 nitrogen and oxygen atoms in total. The maximum Gasteiger partial charge on any atom is 0.314 e. The lowest BCUT2D eigenvalue weighted by Gasteiger charge is -2.06. The van der Waals surface area contributed by atoms with Crippen molar-refractivity contribution in [2.45, 2.75) is 13.3 Å². The van der Waals surface area contributed by atoms with Gasteiger partial charge in [-0.25, -0.2) is 4.79 Å². The number of nitrogens with one attached hydrogen (secondary N) is 2. The molecule has 0 aliphatic heterocycles. The second-order valence-electron chi connectivity index (χ2n) is 2.73. The van der Waals surface area contributed by atoms with Gasteiger partial charge in [0.05, 0.1) is 19.8 Å². The van der Waals surface area contributed by atoms with Crippen molar-refractivity contribution in [1.82, 2.24) is 10.6 Å². The van der Waals surface area contributed by atoms with Gasteiger partial charge >= 0.3 is 6.03 Å². The fourth-order valence-corrected chi connectivity index (χ4v) is 0.791.